The summed E-state index contributed by atoms with van der Waals surface area (Å²) in [6, 6.07) is 3.51. The molecule has 1 N–H and O–H groups in total. The van der Waals surface area contributed by atoms with Crippen molar-refractivity contribution in [3.05, 3.63) is 29.6 Å². The van der Waals surface area contributed by atoms with Crippen LogP contribution in [0.25, 0.3) is 0 Å². The highest BCUT2D eigenvalue weighted by Crippen LogP contribution is 2.14. The molecule has 0 fully saturated rings. The molecule has 1 amide bonds. The minimum Gasteiger partial charge on any atom is -0.440 e. The lowest BCUT2D eigenvalue weighted by Gasteiger charge is -2.09. The Hall–Kier alpha value is -1.79. The maximum atomic E-state index is 11.7. The molecule has 1 aromatic rings. The Labute approximate surface area is 95.8 Å². The molecule has 1 heterocycles. The van der Waals surface area contributed by atoms with Crippen LogP contribution in [0.15, 0.2) is 18.3 Å². The SMILES string of the molecule is Cc1cccnc1CNC(=O)OCC(F)(F)F. The maximum absolute atomic E-state index is 11.7. The minimum atomic E-state index is -4.52. The van der Waals surface area contributed by atoms with Gasteiger partial charge in [0.2, 0.25) is 0 Å². The zero-order valence-electron chi connectivity index (χ0n) is 9.04. The van der Waals surface area contributed by atoms with Gasteiger partial charge in [-0.15, -0.1) is 0 Å². The minimum absolute atomic E-state index is 0.0311. The second-order valence-electron chi connectivity index (χ2n) is 3.31. The van der Waals surface area contributed by atoms with Crippen molar-refractivity contribution in [3.8, 4) is 0 Å². The van der Waals surface area contributed by atoms with E-state index in [0.717, 1.165) is 5.56 Å². The third-order valence-electron chi connectivity index (χ3n) is 1.88. The fraction of sp³-hybridized carbons (Fsp3) is 0.400. The molecule has 0 aliphatic rings. The third kappa shape index (κ3) is 5.19. The largest absolute Gasteiger partial charge is 0.440 e. The summed E-state index contributed by atoms with van der Waals surface area (Å²) in [5.41, 5.74) is 1.42. The number of carbonyl (C=O) groups is 1. The summed E-state index contributed by atoms with van der Waals surface area (Å²) >= 11 is 0. The Kier molecular flexibility index (Phi) is 4.30. The highest BCUT2D eigenvalue weighted by Gasteiger charge is 2.29. The average Bonchev–Trinajstić information content (AvgIpc) is 2.24. The van der Waals surface area contributed by atoms with Crippen molar-refractivity contribution in [2.45, 2.75) is 19.6 Å². The van der Waals surface area contributed by atoms with Crippen LogP contribution in [0.1, 0.15) is 11.3 Å². The Balaban J connectivity index is 2.36. The summed E-state index contributed by atoms with van der Waals surface area (Å²) in [5, 5.41) is 2.19. The number of nitrogens with zero attached hydrogens (tertiary/aromatic N) is 1. The molecule has 7 heteroatoms. The molecule has 0 aliphatic heterocycles. The first-order valence-electron chi connectivity index (χ1n) is 4.76. The number of carbonyl (C=O) groups excluding carboxylic acids is 1. The molecule has 0 unspecified atom stereocenters. The van der Waals surface area contributed by atoms with Crippen LogP contribution in [0, 0.1) is 6.92 Å². The zero-order valence-corrected chi connectivity index (χ0v) is 9.04. The van der Waals surface area contributed by atoms with Crippen LogP contribution in [0.2, 0.25) is 0 Å². The number of halogens is 3. The van der Waals surface area contributed by atoms with Gasteiger partial charge in [-0.3, -0.25) is 4.98 Å². The first-order valence-corrected chi connectivity index (χ1v) is 4.76. The van der Waals surface area contributed by atoms with Gasteiger partial charge in [0.05, 0.1) is 12.2 Å². The normalized spacial score (nSPS) is 11.1. The summed E-state index contributed by atoms with van der Waals surface area (Å²) in [7, 11) is 0. The number of hydrogen-bond acceptors (Lipinski definition) is 3. The van der Waals surface area contributed by atoms with E-state index in [4.69, 9.17) is 0 Å². The lowest BCUT2D eigenvalue weighted by molar-refractivity contribution is -0.160. The van der Waals surface area contributed by atoms with Crippen LogP contribution in [-0.4, -0.2) is 23.9 Å². The quantitative estimate of drug-likeness (QED) is 0.891. The highest BCUT2D eigenvalue weighted by atomic mass is 19.4. The molecule has 0 saturated heterocycles. The molecule has 4 nitrogen and oxygen atoms in total. The number of amides is 1. The van der Waals surface area contributed by atoms with Crippen LogP contribution in [-0.2, 0) is 11.3 Å². The first-order chi connectivity index (χ1) is 7.88. The van der Waals surface area contributed by atoms with E-state index in [1.165, 1.54) is 6.20 Å². The summed E-state index contributed by atoms with van der Waals surface area (Å²) in [6.07, 6.45) is -4.10. The summed E-state index contributed by atoms with van der Waals surface area (Å²) in [6.45, 7) is 0.217. The van der Waals surface area contributed by atoms with Crippen molar-refractivity contribution >= 4 is 6.09 Å². The Morgan fingerprint density at radius 3 is 2.82 bits per heavy atom. The van der Waals surface area contributed by atoms with Crippen molar-refractivity contribution in [2.75, 3.05) is 6.61 Å². The van der Waals surface area contributed by atoms with Gasteiger partial charge in [0.1, 0.15) is 0 Å². The maximum Gasteiger partial charge on any atom is 0.422 e. The molecular weight excluding hydrogens is 237 g/mol. The summed E-state index contributed by atoms with van der Waals surface area (Å²) < 4.78 is 39.1. The molecule has 1 rings (SSSR count). The molecule has 0 bridgehead atoms. The van der Waals surface area contributed by atoms with Gasteiger partial charge in [-0.05, 0) is 18.6 Å². The molecule has 0 radical (unpaired) electrons. The van der Waals surface area contributed by atoms with E-state index in [1.807, 2.05) is 0 Å². The van der Waals surface area contributed by atoms with Gasteiger partial charge in [0.15, 0.2) is 6.61 Å². The van der Waals surface area contributed by atoms with E-state index < -0.39 is 18.9 Å². The molecule has 17 heavy (non-hydrogen) atoms. The lowest BCUT2D eigenvalue weighted by atomic mass is 10.2. The van der Waals surface area contributed by atoms with E-state index in [1.54, 1.807) is 19.1 Å². The first kappa shape index (κ1) is 13.3. The van der Waals surface area contributed by atoms with E-state index in [0.29, 0.717) is 5.69 Å². The number of aromatic nitrogens is 1. The average molecular weight is 248 g/mol. The van der Waals surface area contributed by atoms with E-state index in [-0.39, 0.29) is 6.54 Å². The second-order valence-corrected chi connectivity index (χ2v) is 3.31. The van der Waals surface area contributed by atoms with Crippen LogP contribution < -0.4 is 5.32 Å². The van der Waals surface area contributed by atoms with Gasteiger partial charge in [-0.1, -0.05) is 6.07 Å². The van der Waals surface area contributed by atoms with Gasteiger partial charge >= 0.3 is 12.3 Å². The van der Waals surface area contributed by atoms with E-state index in [9.17, 15) is 18.0 Å². The number of nitrogens with one attached hydrogen (secondary N) is 1. The van der Waals surface area contributed by atoms with Crippen LogP contribution >= 0.6 is 0 Å². The van der Waals surface area contributed by atoms with Gasteiger partial charge in [0.25, 0.3) is 0 Å². The van der Waals surface area contributed by atoms with Crippen molar-refractivity contribution < 1.29 is 22.7 Å². The zero-order chi connectivity index (χ0) is 12.9. The Morgan fingerprint density at radius 2 is 2.24 bits per heavy atom. The van der Waals surface area contributed by atoms with Crippen LogP contribution in [0.5, 0.6) is 0 Å². The number of ether oxygens (including phenoxy) is 1. The van der Waals surface area contributed by atoms with Gasteiger partial charge in [-0.25, -0.2) is 4.79 Å². The lowest BCUT2D eigenvalue weighted by Crippen LogP contribution is -2.29. The van der Waals surface area contributed by atoms with Crippen LogP contribution in [0.4, 0.5) is 18.0 Å². The monoisotopic (exact) mass is 248 g/mol. The van der Waals surface area contributed by atoms with E-state index in [2.05, 4.69) is 15.0 Å². The molecule has 0 saturated carbocycles. The summed E-state index contributed by atoms with van der Waals surface area (Å²) in [4.78, 5) is 14.9. The fourth-order valence-electron chi connectivity index (χ4n) is 1.06. The van der Waals surface area contributed by atoms with Gasteiger partial charge in [0, 0.05) is 6.20 Å². The summed E-state index contributed by atoms with van der Waals surface area (Å²) in [5.74, 6) is 0. The number of pyridine rings is 1. The van der Waals surface area contributed by atoms with Crippen molar-refractivity contribution in [1.29, 1.82) is 0 Å². The number of rotatable bonds is 3. The molecule has 94 valence electrons. The number of aryl methyl sites for hydroxylation is 1. The Bertz CT molecular complexity index is 393. The van der Waals surface area contributed by atoms with Crippen molar-refractivity contribution in [1.82, 2.24) is 10.3 Å². The van der Waals surface area contributed by atoms with Crippen molar-refractivity contribution in [3.63, 3.8) is 0 Å². The molecular formula is C10H11F3N2O2. The van der Waals surface area contributed by atoms with Crippen molar-refractivity contribution in [2.24, 2.45) is 0 Å². The standard InChI is InChI=1S/C10H11F3N2O2/c1-7-3-2-4-14-8(7)5-15-9(16)17-6-10(11,12)13/h2-4H,5-6H2,1H3,(H,15,16). The van der Waals surface area contributed by atoms with E-state index >= 15 is 0 Å². The predicted octanol–water partition coefficient (Wildman–Crippen LogP) is 2.18. The number of hydrogen-bond donors (Lipinski definition) is 1. The van der Waals surface area contributed by atoms with Crippen LogP contribution in [0.3, 0.4) is 0 Å². The highest BCUT2D eigenvalue weighted by molar-refractivity contribution is 5.67. The third-order valence-corrected chi connectivity index (χ3v) is 1.88. The fourth-order valence-corrected chi connectivity index (χ4v) is 1.06. The Morgan fingerprint density at radius 1 is 1.53 bits per heavy atom. The smallest absolute Gasteiger partial charge is 0.422 e. The molecule has 0 atom stereocenters. The number of alkyl halides is 3. The molecule has 0 spiro atoms. The topological polar surface area (TPSA) is 51.2 Å². The molecule has 0 aromatic carbocycles. The number of alkyl carbamates (subject to hydrolysis) is 1. The van der Waals surface area contributed by atoms with Gasteiger partial charge in [-0.2, -0.15) is 13.2 Å². The van der Waals surface area contributed by atoms with Gasteiger partial charge < -0.3 is 10.1 Å². The molecule has 1 aromatic heterocycles. The molecule has 0 aliphatic carbocycles. The second kappa shape index (κ2) is 5.51. The predicted molar refractivity (Wildman–Crippen MR) is 53.2 cm³/mol.